The molecule has 0 N–H and O–H groups in total. The SMILES string of the molecule is CC(C)=NOc1ccncc1. The van der Waals surface area contributed by atoms with Crippen LogP contribution in [-0.4, -0.2) is 10.7 Å². The van der Waals surface area contributed by atoms with E-state index >= 15 is 0 Å². The third-order valence-electron chi connectivity index (χ3n) is 0.983. The van der Waals surface area contributed by atoms with Crippen molar-refractivity contribution in [2.45, 2.75) is 13.8 Å². The lowest BCUT2D eigenvalue weighted by Gasteiger charge is -1.95. The lowest BCUT2D eigenvalue weighted by atomic mass is 10.5. The Morgan fingerprint density at radius 2 is 2.00 bits per heavy atom. The van der Waals surface area contributed by atoms with E-state index in [2.05, 4.69) is 10.1 Å². The van der Waals surface area contributed by atoms with E-state index in [1.807, 2.05) is 13.8 Å². The fourth-order valence-corrected chi connectivity index (χ4v) is 0.543. The smallest absolute Gasteiger partial charge is 0.161 e. The van der Waals surface area contributed by atoms with Crippen molar-refractivity contribution >= 4 is 5.71 Å². The summed E-state index contributed by atoms with van der Waals surface area (Å²) in [5.74, 6) is 0.709. The minimum Gasteiger partial charge on any atom is -0.357 e. The number of hydrogen-bond donors (Lipinski definition) is 0. The number of hydrogen-bond acceptors (Lipinski definition) is 3. The zero-order valence-electron chi connectivity index (χ0n) is 6.61. The number of rotatable bonds is 2. The Morgan fingerprint density at radius 3 is 2.55 bits per heavy atom. The van der Waals surface area contributed by atoms with Crippen LogP contribution in [0.4, 0.5) is 0 Å². The first-order valence-corrected chi connectivity index (χ1v) is 3.37. The van der Waals surface area contributed by atoms with Crippen LogP contribution in [0.2, 0.25) is 0 Å². The average Bonchev–Trinajstić information content (AvgIpc) is 2.03. The van der Waals surface area contributed by atoms with Crippen molar-refractivity contribution in [1.29, 1.82) is 0 Å². The molecule has 11 heavy (non-hydrogen) atoms. The molecular weight excluding hydrogens is 140 g/mol. The highest BCUT2D eigenvalue weighted by Crippen LogP contribution is 2.06. The molecule has 0 spiro atoms. The molecule has 1 rings (SSSR count). The van der Waals surface area contributed by atoms with Crippen molar-refractivity contribution in [2.75, 3.05) is 0 Å². The van der Waals surface area contributed by atoms with E-state index in [0.29, 0.717) is 5.75 Å². The van der Waals surface area contributed by atoms with Crippen LogP contribution in [0.1, 0.15) is 13.8 Å². The Morgan fingerprint density at radius 1 is 1.36 bits per heavy atom. The predicted octanol–water partition coefficient (Wildman–Crippen LogP) is 1.86. The summed E-state index contributed by atoms with van der Waals surface area (Å²) in [6.45, 7) is 3.75. The molecule has 58 valence electrons. The van der Waals surface area contributed by atoms with Gasteiger partial charge in [0.25, 0.3) is 0 Å². The van der Waals surface area contributed by atoms with Crippen molar-refractivity contribution in [3.8, 4) is 5.75 Å². The fourth-order valence-electron chi connectivity index (χ4n) is 0.543. The minimum absolute atomic E-state index is 0.709. The molecule has 3 heteroatoms. The zero-order chi connectivity index (χ0) is 8.10. The molecule has 0 unspecified atom stereocenters. The normalized spacial score (nSPS) is 8.91. The van der Waals surface area contributed by atoms with Gasteiger partial charge in [-0.1, -0.05) is 5.16 Å². The number of pyridine rings is 1. The van der Waals surface area contributed by atoms with Crippen LogP contribution in [0.3, 0.4) is 0 Å². The van der Waals surface area contributed by atoms with Crippen LogP contribution < -0.4 is 4.84 Å². The maximum absolute atomic E-state index is 5.02. The molecule has 1 aromatic rings. The third-order valence-corrected chi connectivity index (χ3v) is 0.983. The quantitative estimate of drug-likeness (QED) is 0.476. The van der Waals surface area contributed by atoms with Gasteiger partial charge in [-0.2, -0.15) is 0 Å². The van der Waals surface area contributed by atoms with Crippen molar-refractivity contribution in [2.24, 2.45) is 5.16 Å². The second-order valence-electron chi connectivity index (χ2n) is 2.31. The maximum atomic E-state index is 5.02. The molecule has 0 bridgehead atoms. The molecule has 0 saturated carbocycles. The molecular formula is C8H10N2O. The molecule has 0 atom stereocenters. The topological polar surface area (TPSA) is 34.5 Å². The van der Waals surface area contributed by atoms with Gasteiger partial charge in [0.2, 0.25) is 0 Å². The van der Waals surface area contributed by atoms with Gasteiger partial charge in [0, 0.05) is 24.5 Å². The molecule has 0 amide bonds. The van der Waals surface area contributed by atoms with E-state index in [9.17, 15) is 0 Å². The van der Waals surface area contributed by atoms with Crippen molar-refractivity contribution in [3.63, 3.8) is 0 Å². The van der Waals surface area contributed by atoms with Crippen LogP contribution in [0.15, 0.2) is 29.7 Å². The van der Waals surface area contributed by atoms with Gasteiger partial charge in [-0.05, 0) is 13.8 Å². The summed E-state index contributed by atoms with van der Waals surface area (Å²) in [5, 5.41) is 3.78. The van der Waals surface area contributed by atoms with E-state index in [0.717, 1.165) is 5.71 Å². The molecule has 1 aromatic heterocycles. The molecule has 0 fully saturated rings. The lowest BCUT2D eigenvalue weighted by molar-refractivity contribution is 0.340. The van der Waals surface area contributed by atoms with Gasteiger partial charge in [0.05, 0.1) is 5.71 Å². The predicted molar refractivity (Wildman–Crippen MR) is 43.6 cm³/mol. The molecule has 0 aliphatic heterocycles. The van der Waals surface area contributed by atoms with Crippen LogP contribution in [0, 0.1) is 0 Å². The highest BCUT2D eigenvalue weighted by molar-refractivity contribution is 5.78. The third kappa shape index (κ3) is 2.80. The highest BCUT2D eigenvalue weighted by atomic mass is 16.6. The average molecular weight is 150 g/mol. The fraction of sp³-hybridized carbons (Fsp3) is 0.250. The number of oxime groups is 1. The molecule has 0 radical (unpaired) electrons. The van der Waals surface area contributed by atoms with Crippen LogP contribution in [0.25, 0.3) is 0 Å². The molecule has 1 heterocycles. The van der Waals surface area contributed by atoms with E-state index < -0.39 is 0 Å². The van der Waals surface area contributed by atoms with E-state index in [1.54, 1.807) is 24.5 Å². The van der Waals surface area contributed by atoms with Gasteiger partial charge < -0.3 is 4.84 Å². The van der Waals surface area contributed by atoms with Gasteiger partial charge in [0.1, 0.15) is 0 Å². The van der Waals surface area contributed by atoms with Crippen molar-refractivity contribution < 1.29 is 4.84 Å². The van der Waals surface area contributed by atoms with Crippen LogP contribution >= 0.6 is 0 Å². The molecule has 0 aliphatic carbocycles. The zero-order valence-corrected chi connectivity index (χ0v) is 6.61. The monoisotopic (exact) mass is 150 g/mol. The summed E-state index contributed by atoms with van der Waals surface area (Å²) < 4.78 is 0. The van der Waals surface area contributed by atoms with Gasteiger partial charge in [-0.25, -0.2) is 0 Å². The summed E-state index contributed by atoms with van der Waals surface area (Å²) in [4.78, 5) is 8.86. The summed E-state index contributed by atoms with van der Waals surface area (Å²) in [6, 6.07) is 3.51. The Bertz CT molecular complexity index is 240. The lowest BCUT2D eigenvalue weighted by Crippen LogP contribution is -1.88. The van der Waals surface area contributed by atoms with E-state index in [-0.39, 0.29) is 0 Å². The Kier molecular flexibility index (Phi) is 2.60. The van der Waals surface area contributed by atoms with Gasteiger partial charge in [0.15, 0.2) is 5.75 Å². The second kappa shape index (κ2) is 3.71. The standard InChI is InChI=1S/C8H10N2O/c1-7(2)10-11-8-3-5-9-6-4-8/h3-6H,1-2H3. The second-order valence-corrected chi connectivity index (χ2v) is 2.31. The molecule has 3 nitrogen and oxygen atoms in total. The first-order valence-electron chi connectivity index (χ1n) is 3.37. The highest BCUT2D eigenvalue weighted by Gasteiger charge is 1.87. The summed E-state index contributed by atoms with van der Waals surface area (Å²) in [5.41, 5.74) is 0.891. The minimum atomic E-state index is 0.709. The van der Waals surface area contributed by atoms with Gasteiger partial charge in [-0.3, -0.25) is 4.98 Å². The van der Waals surface area contributed by atoms with Gasteiger partial charge >= 0.3 is 0 Å². The largest absolute Gasteiger partial charge is 0.357 e. The molecule has 0 aromatic carbocycles. The Balaban J connectivity index is 2.59. The first kappa shape index (κ1) is 7.72. The summed E-state index contributed by atoms with van der Waals surface area (Å²) >= 11 is 0. The van der Waals surface area contributed by atoms with Crippen LogP contribution in [0.5, 0.6) is 5.75 Å². The van der Waals surface area contributed by atoms with Crippen molar-refractivity contribution in [1.82, 2.24) is 4.98 Å². The van der Waals surface area contributed by atoms with E-state index in [1.165, 1.54) is 0 Å². The van der Waals surface area contributed by atoms with Gasteiger partial charge in [-0.15, -0.1) is 0 Å². The first-order chi connectivity index (χ1) is 5.29. The molecule has 0 aliphatic rings. The van der Waals surface area contributed by atoms with Crippen molar-refractivity contribution in [3.05, 3.63) is 24.5 Å². The molecule has 0 saturated heterocycles. The Hall–Kier alpha value is -1.38. The maximum Gasteiger partial charge on any atom is 0.161 e. The number of aromatic nitrogens is 1. The van der Waals surface area contributed by atoms with Crippen LogP contribution in [-0.2, 0) is 0 Å². The van der Waals surface area contributed by atoms with E-state index in [4.69, 9.17) is 4.84 Å². The summed E-state index contributed by atoms with van der Waals surface area (Å²) in [6.07, 6.45) is 3.33. The summed E-state index contributed by atoms with van der Waals surface area (Å²) in [7, 11) is 0. The number of nitrogens with zero attached hydrogens (tertiary/aromatic N) is 2. The Labute approximate surface area is 65.7 Å².